The Kier molecular flexibility index (Phi) is 4.92. The fraction of sp³-hybridized carbons (Fsp3) is 0.455. The number of amides is 1. The molecule has 4 nitrogen and oxygen atoms in total. The van der Waals surface area contributed by atoms with E-state index in [1.807, 2.05) is 13.0 Å². The van der Waals surface area contributed by atoms with Crippen LogP contribution in [0.4, 0.5) is 10.2 Å². The van der Waals surface area contributed by atoms with Crippen molar-refractivity contribution in [1.82, 2.24) is 4.98 Å². The maximum Gasteiger partial charge on any atom is 0.240 e. The Hall–Kier alpha value is -0.880. The molecule has 0 unspecified atom stereocenters. The maximum absolute atomic E-state index is 13.4. The highest BCUT2D eigenvalue weighted by Crippen LogP contribution is 2.29. The summed E-state index contributed by atoms with van der Waals surface area (Å²) in [5.74, 6) is 0.106. The van der Waals surface area contributed by atoms with Crippen molar-refractivity contribution in [1.29, 1.82) is 0 Å². The van der Waals surface area contributed by atoms with Crippen LogP contribution in [0.3, 0.4) is 0 Å². The van der Waals surface area contributed by atoms with E-state index >= 15 is 0 Å². The number of carbonyl (C=O) groups excluding carboxylic acids is 1. The molecule has 2 atom stereocenters. The summed E-state index contributed by atoms with van der Waals surface area (Å²) in [6.45, 7) is 2.04. The molecule has 2 N–H and O–H groups in total. The van der Waals surface area contributed by atoms with E-state index in [-0.39, 0.29) is 25.4 Å². The van der Waals surface area contributed by atoms with Gasteiger partial charge < -0.3 is 10.6 Å². The zero-order valence-corrected chi connectivity index (χ0v) is 12.2. The number of nitrogens with two attached hydrogens (primary N) is 1. The van der Waals surface area contributed by atoms with Crippen molar-refractivity contribution in [3.63, 3.8) is 0 Å². The third kappa shape index (κ3) is 2.92. The van der Waals surface area contributed by atoms with Gasteiger partial charge in [0.1, 0.15) is 22.6 Å². The van der Waals surface area contributed by atoms with Gasteiger partial charge in [0, 0.05) is 6.42 Å². The van der Waals surface area contributed by atoms with E-state index in [0.29, 0.717) is 10.4 Å². The standard InChI is InChI=1S/C11H13BrFN3O.ClH/c1-6-2-3-9(12)15-11(6)16-5-7(13)4-8(16)10(14)17;/h2-3,7-8H,4-5H2,1H3,(H2,14,17);1H/t7-,8+;/m1./s1. The Bertz CT molecular complexity index is 460. The molecule has 7 heteroatoms. The molecule has 1 aliphatic heterocycles. The van der Waals surface area contributed by atoms with Crippen molar-refractivity contribution in [2.45, 2.75) is 25.6 Å². The van der Waals surface area contributed by atoms with Crippen molar-refractivity contribution >= 4 is 40.1 Å². The predicted octanol–water partition coefficient (Wildman–Crippen LogP) is 1.98. The summed E-state index contributed by atoms with van der Waals surface area (Å²) in [4.78, 5) is 17.2. The molecular formula is C11H14BrClFN3O. The van der Waals surface area contributed by atoms with Crippen LogP contribution >= 0.6 is 28.3 Å². The number of carbonyl (C=O) groups is 1. The molecule has 0 radical (unpaired) electrons. The number of hydrogen-bond acceptors (Lipinski definition) is 3. The van der Waals surface area contributed by atoms with Crippen LogP contribution in [0.1, 0.15) is 12.0 Å². The molecule has 2 heterocycles. The van der Waals surface area contributed by atoms with Crippen LogP contribution in [0, 0.1) is 6.92 Å². The highest BCUT2D eigenvalue weighted by Gasteiger charge is 2.37. The van der Waals surface area contributed by atoms with Crippen molar-refractivity contribution in [3.8, 4) is 0 Å². The molecule has 1 aromatic rings. The Morgan fingerprint density at radius 2 is 2.28 bits per heavy atom. The highest BCUT2D eigenvalue weighted by atomic mass is 79.9. The van der Waals surface area contributed by atoms with Crippen molar-refractivity contribution in [2.24, 2.45) is 5.73 Å². The number of pyridine rings is 1. The fourth-order valence-corrected chi connectivity index (χ4v) is 2.37. The number of alkyl halides is 1. The molecule has 1 saturated heterocycles. The smallest absolute Gasteiger partial charge is 0.240 e. The lowest BCUT2D eigenvalue weighted by Gasteiger charge is -2.24. The first-order valence-corrected chi connectivity index (χ1v) is 6.11. The Morgan fingerprint density at radius 1 is 1.61 bits per heavy atom. The average Bonchev–Trinajstić information content (AvgIpc) is 2.64. The molecule has 1 amide bonds. The fourth-order valence-electron chi connectivity index (χ4n) is 2.07. The van der Waals surface area contributed by atoms with Crippen molar-refractivity contribution < 1.29 is 9.18 Å². The highest BCUT2D eigenvalue weighted by molar-refractivity contribution is 9.10. The molecule has 1 fully saturated rings. The number of halogens is 3. The minimum atomic E-state index is -1.03. The van der Waals surface area contributed by atoms with Gasteiger partial charge in [-0.15, -0.1) is 12.4 Å². The summed E-state index contributed by atoms with van der Waals surface area (Å²) >= 11 is 3.27. The lowest BCUT2D eigenvalue weighted by Crippen LogP contribution is -2.41. The van der Waals surface area contributed by atoms with Crippen LogP contribution in [-0.2, 0) is 4.79 Å². The number of anilines is 1. The molecule has 1 aromatic heterocycles. The lowest BCUT2D eigenvalue weighted by atomic mass is 10.2. The summed E-state index contributed by atoms with van der Waals surface area (Å²) in [5.41, 5.74) is 6.19. The van der Waals surface area contributed by atoms with E-state index in [1.165, 1.54) is 0 Å². The summed E-state index contributed by atoms with van der Waals surface area (Å²) in [6, 6.07) is 3.07. The number of aromatic nitrogens is 1. The molecule has 2 rings (SSSR count). The van der Waals surface area contributed by atoms with Gasteiger partial charge in [-0.25, -0.2) is 9.37 Å². The number of aryl methyl sites for hydroxylation is 1. The lowest BCUT2D eigenvalue weighted by molar-refractivity contribution is -0.119. The first-order chi connectivity index (χ1) is 7.99. The molecule has 0 saturated carbocycles. The van der Waals surface area contributed by atoms with Crippen LogP contribution in [0.15, 0.2) is 16.7 Å². The summed E-state index contributed by atoms with van der Waals surface area (Å²) in [6.07, 6.45) is -0.893. The van der Waals surface area contributed by atoms with E-state index in [1.54, 1.807) is 11.0 Å². The summed E-state index contributed by atoms with van der Waals surface area (Å²) in [7, 11) is 0. The van der Waals surface area contributed by atoms with Gasteiger partial charge in [-0.05, 0) is 34.5 Å². The number of hydrogen-bond donors (Lipinski definition) is 1. The van der Waals surface area contributed by atoms with Gasteiger partial charge in [0.15, 0.2) is 0 Å². The first-order valence-electron chi connectivity index (χ1n) is 5.32. The second-order valence-electron chi connectivity index (χ2n) is 4.18. The van der Waals surface area contributed by atoms with Gasteiger partial charge in [0.25, 0.3) is 0 Å². The third-order valence-electron chi connectivity index (χ3n) is 2.89. The summed E-state index contributed by atoms with van der Waals surface area (Å²) in [5, 5.41) is 0. The summed E-state index contributed by atoms with van der Waals surface area (Å²) < 4.78 is 14.1. The van der Waals surface area contributed by atoms with Crippen LogP contribution in [-0.4, -0.2) is 29.6 Å². The monoisotopic (exact) mass is 337 g/mol. The van der Waals surface area contributed by atoms with Gasteiger partial charge in [-0.2, -0.15) is 0 Å². The first kappa shape index (κ1) is 15.2. The largest absolute Gasteiger partial charge is 0.368 e. The van der Waals surface area contributed by atoms with Gasteiger partial charge in [0.05, 0.1) is 6.54 Å². The minimum Gasteiger partial charge on any atom is -0.368 e. The maximum atomic E-state index is 13.4. The normalized spacial score (nSPS) is 22.7. The van der Waals surface area contributed by atoms with Crippen LogP contribution in [0.25, 0.3) is 0 Å². The van der Waals surface area contributed by atoms with Crippen LogP contribution in [0.5, 0.6) is 0 Å². The molecule has 0 bridgehead atoms. The van der Waals surface area contributed by atoms with Gasteiger partial charge in [0.2, 0.25) is 5.91 Å². The molecule has 0 aromatic carbocycles. The topological polar surface area (TPSA) is 59.2 Å². The number of rotatable bonds is 2. The second kappa shape index (κ2) is 5.84. The Morgan fingerprint density at radius 3 is 2.89 bits per heavy atom. The van der Waals surface area contributed by atoms with E-state index < -0.39 is 18.1 Å². The van der Waals surface area contributed by atoms with E-state index in [0.717, 1.165) is 5.56 Å². The molecule has 100 valence electrons. The molecule has 18 heavy (non-hydrogen) atoms. The molecule has 0 spiro atoms. The number of primary amides is 1. The zero-order valence-electron chi connectivity index (χ0n) is 9.77. The molecule has 0 aliphatic carbocycles. The number of nitrogens with zero attached hydrogens (tertiary/aromatic N) is 2. The van der Waals surface area contributed by atoms with Crippen molar-refractivity contribution in [2.75, 3.05) is 11.4 Å². The molecular weight excluding hydrogens is 324 g/mol. The SMILES string of the molecule is Cc1ccc(Br)nc1N1C[C@H](F)C[C@H]1C(N)=O.Cl. The van der Waals surface area contributed by atoms with Crippen LogP contribution in [0.2, 0.25) is 0 Å². The van der Waals surface area contributed by atoms with Crippen molar-refractivity contribution in [3.05, 3.63) is 22.3 Å². The average molecular weight is 339 g/mol. The molecule has 1 aliphatic rings. The van der Waals surface area contributed by atoms with E-state index in [9.17, 15) is 9.18 Å². The van der Waals surface area contributed by atoms with Gasteiger partial charge >= 0.3 is 0 Å². The Labute approximate surface area is 119 Å². The Balaban J connectivity index is 0.00000162. The quantitative estimate of drug-likeness (QED) is 0.839. The predicted molar refractivity (Wildman–Crippen MR) is 73.8 cm³/mol. The minimum absolute atomic E-state index is 0. The third-order valence-corrected chi connectivity index (χ3v) is 3.33. The van der Waals surface area contributed by atoms with E-state index in [2.05, 4.69) is 20.9 Å². The van der Waals surface area contributed by atoms with Gasteiger partial charge in [-0.3, -0.25) is 4.79 Å². The second-order valence-corrected chi connectivity index (χ2v) is 4.99. The van der Waals surface area contributed by atoms with E-state index in [4.69, 9.17) is 5.73 Å². The zero-order chi connectivity index (χ0) is 12.6. The van der Waals surface area contributed by atoms with Gasteiger partial charge in [-0.1, -0.05) is 6.07 Å². The van der Waals surface area contributed by atoms with Crippen LogP contribution < -0.4 is 10.6 Å².